The minimum absolute atomic E-state index is 0.0469. The zero-order valence-electron chi connectivity index (χ0n) is 12.0. The Labute approximate surface area is 128 Å². The van der Waals surface area contributed by atoms with Crippen LogP contribution < -0.4 is 5.56 Å². The Hall–Kier alpha value is -1.43. The second kappa shape index (κ2) is 6.13. The third kappa shape index (κ3) is 3.26. The van der Waals surface area contributed by atoms with Crippen molar-refractivity contribution >= 4 is 22.5 Å². The molecule has 0 saturated carbocycles. The van der Waals surface area contributed by atoms with Gasteiger partial charge in [-0.05, 0) is 25.2 Å². The van der Waals surface area contributed by atoms with Crippen molar-refractivity contribution in [3.8, 4) is 0 Å². The topological polar surface area (TPSA) is 47.4 Å². The molecule has 5 nitrogen and oxygen atoms in total. The molecule has 1 atom stereocenters. The van der Waals surface area contributed by atoms with Crippen LogP contribution in [0.3, 0.4) is 0 Å². The first-order valence-corrected chi connectivity index (χ1v) is 7.42. The van der Waals surface area contributed by atoms with Gasteiger partial charge in [-0.25, -0.2) is 4.98 Å². The summed E-state index contributed by atoms with van der Waals surface area (Å²) in [7, 11) is 2.07. The quantitative estimate of drug-likeness (QED) is 0.846. The van der Waals surface area contributed by atoms with Crippen LogP contribution in [0.5, 0.6) is 0 Å². The van der Waals surface area contributed by atoms with Crippen molar-refractivity contribution in [2.75, 3.05) is 33.4 Å². The maximum absolute atomic E-state index is 12.5. The molecule has 0 bridgehead atoms. The fourth-order valence-electron chi connectivity index (χ4n) is 2.70. The summed E-state index contributed by atoms with van der Waals surface area (Å²) >= 11 is 5.97. The highest BCUT2D eigenvalue weighted by molar-refractivity contribution is 6.31. The van der Waals surface area contributed by atoms with E-state index < -0.39 is 0 Å². The van der Waals surface area contributed by atoms with Gasteiger partial charge in [-0.3, -0.25) is 9.36 Å². The van der Waals surface area contributed by atoms with Crippen LogP contribution in [0.25, 0.3) is 10.9 Å². The smallest absolute Gasteiger partial charge is 0.261 e. The van der Waals surface area contributed by atoms with Gasteiger partial charge in [0.2, 0.25) is 0 Å². The summed E-state index contributed by atoms with van der Waals surface area (Å²) < 4.78 is 7.26. The van der Waals surface area contributed by atoms with E-state index in [0.29, 0.717) is 29.1 Å². The largest absolute Gasteiger partial charge is 0.380 e. The molecule has 2 heterocycles. The fraction of sp³-hybridized carbons (Fsp3) is 0.467. The monoisotopic (exact) mass is 307 g/mol. The lowest BCUT2D eigenvalue weighted by molar-refractivity contribution is 0.117. The van der Waals surface area contributed by atoms with E-state index in [0.717, 1.165) is 19.7 Å². The molecule has 1 fully saturated rings. The van der Waals surface area contributed by atoms with E-state index in [4.69, 9.17) is 16.3 Å². The number of rotatable bonds is 2. The second-order valence-corrected chi connectivity index (χ2v) is 6.00. The molecule has 1 saturated heterocycles. The highest BCUT2D eigenvalue weighted by Crippen LogP contribution is 2.15. The maximum Gasteiger partial charge on any atom is 0.261 e. The Morgan fingerprint density at radius 3 is 3.19 bits per heavy atom. The van der Waals surface area contributed by atoms with Crippen LogP contribution in [0, 0.1) is 5.92 Å². The average Bonchev–Trinajstić information content (AvgIpc) is 2.67. The summed E-state index contributed by atoms with van der Waals surface area (Å²) in [5.74, 6) is 0.286. The van der Waals surface area contributed by atoms with E-state index in [2.05, 4.69) is 16.9 Å². The average molecular weight is 308 g/mol. The standard InChI is InChI=1S/C15H18ClN3O2/c1-18-4-5-21-9-11(7-18)8-19-10-17-14-3-2-12(16)6-13(14)15(19)20/h2-3,6,10-11H,4-5,7-9H2,1H3/t11-/m1/s1. The molecule has 0 aliphatic carbocycles. The van der Waals surface area contributed by atoms with Crippen molar-refractivity contribution in [1.29, 1.82) is 0 Å². The molecule has 0 spiro atoms. The Morgan fingerprint density at radius 1 is 1.48 bits per heavy atom. The number of halogens is 1. The molecule has 1 aromatic heterocycles. The van der Waals surface area contributed by atoms with Gasteiger partial charge in [0, 0.05) is 30.6 Å². The van der Waals surface area contributed by atoms with E-state index in [-0.39, 0.29) is 11.5 Å². The summed E-state index contributed by atoms with van der Waals surface area (Å²) in [5, 5.41) is 1.12. The van der Waals surface area contributed by atoms with E-state index in [1.165, 1.54) is 0 Å². The van der Waals surface area contributed by atoms with Gasteiger partial charge >= 0.3 is 0 Å². The van der Waals surface area contributed by atoms with Gasteiger partial charge in [0.05, 0.1) is 30.4 Å². The lowest BCUT2D eigenvalue weighted by atomic mass is 10.1. The Balaban J connectivity index is 1.90. The number of likely N-dealkylation sites (N-methyl/N-ethyl adjacent to an activating group) is 1. The molecule has 1 aromatic carbocycles. The number of hydrogen-bond acceptors (Lipinski definition) is 4. The molecule has 1 aliphatic rings. The molecule has 6 heteroatoms. The molecule has 2 aromatic rings. The fourth-order valence-corrected chi connectivity index (χ4v) is 2.88. The van der Waals surface area contributed by atoms with E-state index >= 15 is 0 Å². The summed E-state index contributed by atoms with van der Waals surface area (Å²) in [6.45, 7) is 3.87. The van der Waals surface area contributed by atoms with Crippen molar-refractivity contribution in [3.05, 3.63) is 39.9 Å². The number of hydrogen-bond donors (Lipinski definition) is 0. The molecule has 0 unspecified atom stereocenters. The van der Waals surface area contributed by atoms with Crippen molar-refractivity contribution in [1.82, 2.24) is 14.5 Å². The van der Waals surface area contributed by atoms with Gasteiger partial charge in [-0.15, -0.1) is 0 Å². The summed E-state index contributed by atoms with van der Waals surface area (Å²) in [5.41, 5.74) is 0.629. The van der Waals surface area contributed by atoms with E-state index in [1.54, 1.807) is 29.1 Å². The Kier molecular flexibility index (Phi) is 4.24. The predicted molar refractivity (Wildman–Crippen MR) is 82.8 cm³/mol. The minimum atomic E-state index is -0.0469. The first-order valence-electron chi connectivity index (χ1n) is 7.04. The molecule has 1 aliphatic heterocycles. The molecule has 3 rings (SSSR count). The van der Waals surface area contributed by atoms with Crippen LogP contribution in [0.2, 0.25) is 5.02 Å². The van der Waals surface area contributed by atoms with Gasteiger partial charge in [0.1, 0.15) is 0 Å². The van der Waals surface area contributed by atoms with Gasteiger partial charge in [0.25, 0.3) is 5.56 Å². The van der Waals surface area contributed by atoms with Crippen LogP contribution in [0.1, 0.15) is 0 Å². The minimum Gasteiger partial charge on any atom is -0.380 e. The normalized spacial score (nSPS) is 20.6. The summed E-state index contributed by atoms with van der Waals surface area (Å²) in [6.07, 6.45) is 1.61. The first kappa shape index (κ1) is 14.5. The summed E-state index contributed by atoms with van der Waals surface area (Å²) in [4.78, 5) is 19.1. The maximum atomic E-state index is 12.5. The van der Waals surface area contributed by atoms with Crippen LogP contribution in [0.15, 0.2) is 29.3 Å². The lowest BCUT2D eigenvalue weighted by Crippen LogP contribution is -2.32. The second-order valence-electron chi connectivity index (χ2n) is 5.57. The Morgan fingerprint density at radius 2 is 2.33 bits per heavy atom. The Bertz CT molecular complexity index is 701. The van der Waals surface area contributed by atoms with Gasteiger partial charge in [0.15, 0.2) is 0 Å². The van der Waals surface area contributed by atoms with Crippen molar-refractivity contribution in [3.63, 3.8) is 0 Å². The van der Waals surface area contributed by atoms with Crippen LogP contribution >= 0.6 is 11.6 Å². The third-order valence-corrected chi connectivity index (χ3v) is 4.02. The van der Waals surface area contributed by atoms with Crippen LogP contribution in [-0.4, -0.2) is 47.8 Å². The highest BCUT2D eigenvalue weighted by Gasteiger charge is 2.17. The number of nitrogens with zero attached hydrogens (tertiary/aromatic N) is 3. The van der Waals surface area contributed by atoms with E-state index in [1.807, 2.05) is 0 Å². The van der Waals surface area contributed by atoms with Crippen molar-refractivity contribution < 1.29 is 4.74 Å². The van der Waals surface area contributed by atoms with Crippen LogP contribution in [0.4, 0.5) is 0 Å². The van der Waals surface area contributed by atoms with Crippen LogP contribution in [-0.2, 0) is 11.3 Å². The molecule has 112 valence electrons. The van der Waals surface area contributed by atoms with Crippen molar-refractivity contribution in [2.24, 2.45) is 5.92 Å². The van der Waals surface area contributed by atoms with Gasteiger partial charge < -0.3 is 9.64 Å². The number of ether oxygens (including phenoxy) is 1. The number of aromatic nitrogens is 2. The highest BCUT2D eigenvalue weighted by atomic mass is 35.5. The molecule has 0 radical (unpaired) electrons. The van der Waals surface area contributed by atoms with Gasteiger partial charge in [-0.1, -0.05) is 11.6 Å². The number of benzene rings is 1. The van der Waals surface area contributed by atoms with Crippen molar-refractivity contribution in [2.45, 2.75) is 6.54 Å². The SMILES string of the molecule is CN1CCOC[C@@H](Cn2cnc3ccc(Cl)cc3c2=O)C1. The third-order valence-electron chi connectivity index (χ3n) is 3.78. The molecule has 0 N–H and O–H groups in total. The molecule has 21 heavy (non-hydrogen) atoms. The molecular weight excluding hydrogens is 290 g/mol. The predicted octanol–water partition coefficient (Wildman–Crippen LogP) is 1.63. The lowest BCUT2D eigenvalue weighted by Gasteiger charge is -2.19. The number of fused-ring (bicyclic) bond motifs is 1. The van der Waals surface area contributed by atoms with Gasteiger partial charge in [-0.2, -0.15) is 0 Å². The first-order chi connectivity index (χ1) is 10.1. The molecular formula is C15H18ClN3O2. The summed E-state index contributed by atoms with van der Waals surface area (Å²) in [6, 6.07) is 5.19. The molecule has 0 amide bonds. The van der Waals surface area contributed by atoms with E-state index in [9.17, 15) is 4.79 Å². The zero-order chi connectivity index (χ0) is 14.8. The zero-order valence-corrected chi connectivity index (χ0v) is 12.7.